The van der Waals surface area contributed by atoms with Crippen LogP contribution in [0.4, 0.5) is 0 Å². The van der Waals surface area contributed by atoms with Gasteiger partial charge < -0.3 is 4.42 Å². The minimum absolute atomic E-state index is 0.662. The summed E-state index contributed by atoms with van der Waals surface area (Å²) in [6.07, 6.45) is 4.63. The molecule has 0 aromatic carbocycles. The van der Waals surface area contributed by atoms with Crippen LogP contribution in [0.25, 0.3) is 17.8 Å². The number of nitrogens with zero attached hydrogens (tertiary/aromatic N) is 3. The molecule has 2 aromatic rings. The van der Waals surface area contributed by atoms with E-state index >= 15 is 0 Å². The van der Waals surface area contributed by atoms with Crippen molar-refractivity contribution >= 4 is 6.20 Å². The van der Waals surface area contributed by atoms with Crippen molar-refractivity contribution in [3.8, 4) is 11.6 Å². The van der Waals surface area contributed by atoms with Crippen molar-refractivity contribution in [3.63, 3.8) is 0 Å². The lowest BCUT2D eigenvalue weighted by molar-refractivity contribution is 0.575. The fourth-order valence-electron chi connectivity index (χ4n) is 0.966. The van der Waals surface area contributed by atoms with Gasteiger partial charge in [0.15, 0.2) is 11.6 Å². The Labute approximate surface area is 69.1 Å². The van der Waals surface area contributed by atoms with Crippen LogP contribution in [0.2, 0.25) is 0 Å². The summed E-state index contributed by atoms with van der Waals surface area (Å²) in [4.78, 5) is 4.02. The summed E-state index contributed by atoms with van der Waals surface area (Å²) in [5, 5.41) is 3.92. The SMILES string of the molecule is C=Cn1ncnc1-c1ccco1. The topological polar surface area (TPSA) is 43.9 Å². The highest BCUT2D eigenvalue weighted by Gasteiger charge is 2.06. The average Bonchev–Trinajstić information content (AvgIpc) is 2.74. The summed E-state index contributed by atoms with van der Waals surface area (Å²) < 4.78 is 6.70. The first-order valence-corrected chi connectivity index (χ1v) is 3.48. The maximum atomic E-state index is 5.15. The Bertz CT molecular complexity index is 375. The first-order chi connectivity index (χ1) is 5.92. The van der Waals surface area contributed by atoms with Crippen LogP contribution in [0.15, 0.2) is 35.7 Å². The minimum Gasteiger partial charge on any atom is -0.461 e. The summed E-state index contributed by atoms with van der Waals surface area (Å²) in [6.45, 7) is 3.59. The summed E-state index contributed by atoms with van der Waals surface area (Å²) in [6, 6.07) is 3.63. The molecular formula is C8H7N3O. The van der Waals surface area contributed by atoms with E-state index in [1.807, 2.05) is 6.07 Å². The molecule has 0 aliphatic rings. The maximum Gasteiger partial charge on any atom is 0.198 e. The Morgan fingerprint density at radius 3 is 3.17 bits per heavy atom. The highest BCUT2D eigenvalue weighted by molar-refractivity contribution is 5.49. The molecule has 0 fully saturated rings. The standard InChI is InChI=1S/C8H7N3O/c1-2-11-8(9-6-10-11)7-4-3-5-12-7/h2-6H,1H2. The van der Waals surface area contributed by atoms with Crippen LogP contribution in [0, 0.1) is 0 Å². The number of aromatic nitrogens is 3. The summed E-state index contributed by atoms with van der Waals surface area (Å²) in [5.74, 6) is 1.35. The van der Waals surface area contributed by atoms with Crippen molar-refractivity contribution in [2.24, 2.45) is 0 Å². The zero-order chi connectivity index (χ0) is 8.39. The lowest BCUT2D eigenvalue weighted by Gasteiger charge is -1.93. The molecule has 4 nitrogen and oxygen atoms in total. The molecule has 0 aliphatic heterocycles. The molecule has 0 bridgehead atoms. The zero-order valence-electron chi connectivity index (χ0n) is 6.34. The van der Waals surface area contributed by atoms with E-state index < -0.39 is 0 Å². The second-order valence-electron chi connectivity index (χ2n) is 2.19. The van der Waals surface area contributed by atoms with Crippen molar-refractivity contribution in [2.75, 3.05) is 0 Å². The lowest BCUT2D eigenvalue weighted by atomic mass is 10.4. The van der Waals surface area contributed by atoms with Crippen molar-refractivity contribution in [1.29, 1.82) is 0 Å². The molecule has 0 amide bonds. The van der Waals surface area contributed by atoms with Crippen molar-refractivity contribution in [1.82, 2.24) is 14.8 Å². The molecule has 0 unspecified atom stereocenters. The first kappa shape index (κ1) is 6.84. The summed E-state index contributed by atoms with van der Waals surface area (Å²) >= 11 is 0. The predicted molar refractivity (Wildman–Crippen MR) is 44.1 cm³/mol. The second-order valence-corrected chi connectivity index (χ2v) is 2.19. The fraction of sp³-hybridized carbons (Fsp3) is 0. The van der Waals surface area contributed by atoms with Gasteiger partial charge in [0.05, 0.1) is 6.26 Å². The molecule has 0 aliphatic carbocycles. The van der Waals surface area contributed by atoms with E-state index in [9.17, 15) is 0 Å². The Kier molecular flexibility index (Phi) is 1.51. The smallest absolute Gasteiger partial charge is 0.198 e. The van der Waals surface area contributed by atoms with Crippen LogP contribution < -0.4 is 0 Å². The van der Waals surface area contributed by atoms with Crippen LogP contribution in [0.5, 0.6) is 0 Å². The Hall–Kier alpha value is -1.84. The van der Waals surface area contributed by atoms with E-state index in [-0.39, 0.29) is 0 Å². The van der Waals surface area contributed by atoms with Crippen LogP contribution in [-0.2, 0) is 0 Å². The van der Waals surface area contributed by atoms with Crippen LogP contribution in [0.1, 0.15) is 0 Å². The highest BCUT2D eigenvalue weighted by atomic mass is 16.3. The minimum atomic E-state index is 0.662. The molecule has 60 valence electrons. The number of rotatable bonds is 2. The quantitative estimate of drug-likeness (QED) is 0.672. The molecule has 0 radical (unpaired) electrons. The number of hydrogen-bond donors (Lipinski definition) is 0. The number of furan rings is 1. The van der Waals surface area contributed by atoms with Gasteiger partial charge in [-0.2, -0.15) is 5.10 Å². The fourth-order valence-corrected chi connectivity index (χ4v) is 0.966. The first-order valence-electron chi connectivity index (χ1n) is 3.48. The molecule has 4 heteroatoms. The third-order valence-electron chi connectivity index (χ3n) is 1.49. The van der Waals surface area contributed by atoms with Gasteiger partial charge in [0.1, 0.15) is 6.33 Å². The largest absolute Gasteiger partial charge is 0.461 e. The molecule has 0 N–H and O–H groups in total. The van der Waals surface area contributed by atoms with E-state index in [1.165, 1.54) is 6.33 Å². The molecule has 2 heterocycles. The van der Waals surface area contributed by atoms with Gasteiger partial charge in [-0.05, 0) is 12.1 Å². The second kappa shape index (κ2) is 2.65. The van der Waals surface area contributed by atoms with Crippen LogP contribution in [0.3, 0.4) is 0 Å². The highest BCUT2D eigenvalue weighted by Crippen LogP contribution is 2.15. The Morgan fingerprint density at radius 2 is 2.50 bits per heavy atom. The van der Waals surface area contributed by atoms with E-state index in [1.54, 1.807) is 23.2 Å². The lowest BCUT2D eigenvalue weighted by Crippen LogP contribution is -1.90. The maximum absolute atomic E-state index is 5.15. The van der Waals surface area contributed by atoms with Crippen molar-refractivity contribution in [2.45, 2.75) is 0 Å². The van der Waals surface area contributed by atoms with E-state index in [0.717, 1.165) is 0 Å². The summed E-state index contributed by atoms with van der Waals surface area (Å²) in [5.41, 5.74) is 0. The zero-order valence-corrected chi connectivity index (χ0v) is 6.34. The van der Waals surface area contributed by atoms with E-state index in [4.69, 9.17) is 4.42 Å². The van der Waals surface area contributed by atoms with Gasteiger partial charge in [-0.15, -0.1) is 0 Å². The van der Waals surface area contributed by atoms with E-state index in [0.29, 0.717) is 11.6 Å². The predicted octanol–water partition coefficient (Wildman–Crippen LogP) is 1.64. The van der Waals surface area contributed by atoms with Gasteiger partial charge >= 0.3 is 0 Å². The van der Waals surface area contributed by atoms with E-state index in [2.05, 4.69) is 16.7 Å². The molecule has 0 saturated carbocycles. The molecule has 0 spiro atoms. The van der Waals surface area contributed by atoms with Gasteiger partial charge in [-0.1, -0.05) is 6.58 Å². The monoisotopic (exact) mass is 161 g/mol. The molecule has 0 saturated heterocycles. The van der Waals surface area contributed by atoms with Gasteiger partial charge in [0.25, 0.3) is 0 Å². The molecular weight excluding hydrogens is 154 g/mol. The third kappa shape index (κ3) is 0.934. The molecule has 2 aromatic heterocycles. The summed E-state index contributed by atoms with van der Waals surface area (Å²) in [7, 11) is 0. The molecule has 0 atom stereocenters. The van der Waals surface area contributed by atoms with Crippen molar-refractivity contribution < 1.29 is 4.42 Å². The van der Waals surface area contributed by atoms with Crippen LogP contribution in [-0.4, -0.2) is 14.8 Å². The van der Waals surface area contributed by atoms with Gasteiger partial charge in [-0.25, -0.2) is 9.67 Å². The molecule has 12 heavy (non-hydrogen) atoms. The third-order valence-corrected chi connectivity index (χ3v) is 1.49. The average molecular weight is 161 g/mol. The normalized spacial score (nSPS) is 10.0. The van der Waals surface area contributed by atoms with Crippen molar-refractivity contribution in [3.05, 3.63) is 31.3 Å². The van der Waals surface area contributed by atoms with Gasteiger partial charge in [0, 0.05) is 6.20 Å². The Balaban J connectivity index is 2.53. The number of hydrogen-bond acceptors (Lipinski definition) is 3. The van der Waals surface area contributed by atoms with Gasteiger partial charge in [0.2, 0.25) is 0 Å². The van der Waals surface area contributed by atoms with Crippen LogP contribution >= 0.6 is 0 Å². The van der Waals surface area contributed by atoms with Gasteiger partial charge in [-0.3, -0.25) is 0 Å². The molecule has 2 rings (SSSR count). The Morgan fingerprint density at radius 1 is 1.58 bits per heavy atom.